The van der Waals surface area contributed by atoms with Crippen molar-refractivity contribution in [3.8, 4) is 0 Å². The first-order valence-corrected chi connectivity index (χ1v) is 6.96. The second-order valence-electron chi connectivity index (χ2n) is 4.96. The highest BCUT2D eigenvalue weighted by molar-refractivity contribution is 5.42. The van der Waals surface area contributed by atoms with E-state index in [-0.39, 0.29) is 11.8 Å². The standard InChI is InChI=1S/C14H17FN6/c15-11-6-2-1-5-10(11)9-17-13-18-12(16)19-14(20-13)21-7-3-4-8-21/h1-2,5-6H,3-4,7-9H2,(H3,16,17,18,19,20). The Bertz CT molecular complexity index is 627. The van der Waals surface area contributed by atoms with Crippen LogP contribution in [-0.4, -0.2) is 28.0 Å². The zero-order chi connectivity index (χ0) is 14.7. The first kappa shape index (κ1) is 13.5. The van der Waals surface area contributed by atoms with E-state index in [0.29, 0.717) is 24.0 Å². The summed E-state index contributed by atoms with van der Waals surface area (Å²) in [5, 5.41) is 3.00. The summed E-state index contributed by atoms with van der Waals surface area (Å²) in [6, 6.07) is 6.59. The number of benzene rings is 1. The summed E-state index contributed by atoms with van der Waals surface area (Å²) >= 11 is 0. The molecule has 0 radical (unpaired) electrons. The Hall–Kier alpha value is -2.44. The Morgan fingerprint density at radius 1 is 1.14 bits per heavy atom. The second-order valence-corrected chi connectivity index (χ2v) is 4.96. The molecule has 1 aromatic heterocycles. The molecule has 3 N–H and O–H groups in total. The van der Waals surface area contributed by atoms with Gasteiger partial charge < -0.3 is 16.0 Å². The molecule has 2 aromatic rings. The van der Waals surface area contributed by atoms with Gasteiger partial charge in [-0.15, -0.1) is 0 Å². The van der Waals surface area contributed by atoms with Gasteiger partial charge in [-0.2, -0.15) is 15.0 Å². The lowest BCUT2D eigenvalue weighted by Crippen LogP contribution is -2.22. The summed E-state index contributed by atoms with van der Waals surface area (Å²) in [5.74, 6) is 0.860. The molecule has 7 heteroatoms. The van der Waals surface area contributed by atoms with Crippen molar-refractivity contribution in [1.82, 2.24) is 15.0 Å². The fourth-order valence-corrected chi connectivity index (χ4v) is 2.33. The average Bonchev–Trinajstić information content (AvgIpc) is 3.00. The van der Waals surface area contributed by atoms with E-state index in [4.69, 9.17) is 5.73 Å². The Morgan fingerprint density at radius 2 is 1.90 bits per heavy atom. The maximum Gasteiger partial charge on any atom is 0.231 e. The normalized spacial score (nSPS) is 14.4. The van der Waals surface area contributed by atoms with Crippen LogP contribution in [0.1, 0.15) is 18.4 Å². The van der Waals surface area contributed by atoms with E-state index >= 15 is 0 Å². The van der Waals surface area contributed by atoms with Crippen LogP contribution in [0.5, 0.6) is 0 Å². The molecule has 1 aliphatic heterocycles. The lowest BCUT2D eigenvalue weighted by Gasteiger charge is -2.16. The van der Waals surface area contributed by atoms with E-state index in [0.717, 1.165) is 25.9 Å². The summed E-state index contributed by atoms with van der Waals surface area (Å²) in [6.45, 7) is 2.15. The summed E-state index contributed by atoms with van der Waals surface area (Å²) in [4.78, 5) is 14.6. The van der Waals surface area contributed by atoms with Gasteiger partial charge in [0.1, 0.15) is 5.82 Å². The van der Waals surface area contributed by atoms with Crippen LogP contribution >= 0.6 is 0 Å². The van der Waals surface area contributed by atoms with E-state index < -0.39 is 0 Å². The van der Waals surface area contributed by atoms with E-state index in [9.17, 15) is 4.39 Å². The van der Waals surface area contributed by atoms with Gasteiger partial charge in [0.05, 0.1) is 0 Å². The minimum Gasteiger partial charge on any atom is -0.368 e. The minimum atomic E-state index is -0.258. The molecule has 1 saturated heterocycles. The number of anilines is 3. The number of nitrogens with two attached hydrogens (primary N) is 1. The van der Waals surface area contributed by atoms with Crippen LogP contribution in [0, 0.1) is 5.82 Å². The number of halogens is 1. The molecule has 0 atom stereocenters. The van der Waals surface area contributed by atoms with Crippen molar-refractivity contribution in [3.05, 3.63) is 35.6 Å². The van der Waals surface area contributed by atoms with Crippen molar-refractivity contribution in [2.45, 2.75) is 19.4 Å². The predicted octanol–water partition coefficient (Wildman–Crippen LogP) is 1.81. The van der Waals surface area contributed by atoms with Crippen molar-refractivity contribution in [1.29, 1.82) is 0 Å². The Labute approximate surface area is 122 Å². The van der Waals surface area contributed by atoms with Crippen LogP contribution < -0.4 is 16.0 Å². The molecule has 0 spiro atoms. The van der Waals surface area contributed by atoms with Gasteiger partial charge in [0.15, 0.2) is 0 Å². The number of rotatable bonds is 4. The molecule has 1 fully saturated rings. The van der Waals surface area contributed by atoms with Crippen molar-refractivity contribution < 1.29 is 4.39 Å². The highest BCUT2D eigenvalue weighted by Crippen LogP contribution is 2.18. The molecule has 1 aromatic carbocycles. The number of hydrogen-bond donors (Lipinski definition) is 2. The molecule has 110 valence electrons. The molecule has 6 nitrogen and oxygen atoms in total. The smallest absolute Gasteiger partial charge is 0.231 e. The molecular formula is C14H17FN6. The van der Waals surface area contributed by atoms with Gasteiger partial charge in [0.25, 0.3) is 0 Å². The van der Waals surface area contributed by atoms with E-state index in [1.807, 2.05) is 0 Å². The van der Waals surface area contributed by atoms with Crippen LogP contribution in [0.4, 0.5) is 22.2 Å². The molecule has 1 aliphatic rings. The Balaban J connectivity index is 1.74. The van der Waals surface area contributed by atoms with Crippen LogP contribution in [0.15, 0.2) is 24.3 Å². The molecule has 0 saturated carbocycles. The Kier molecular flexibility index (Phi) is 3.81. The maximum atomic E-state index is 13.6. The highest BCUT2D eigenvalue weighted by Gasteiger charge is 2.16. The third kappa shape index (κ3) is 3.18. The van der Waals surface area contributed by atoms with Crippen molar-refractivity contribution in [2.24, 2.45) is 0 Å². The lowest BCUT2D eigenvalue weighted by molar-refractivity contribution is 0.612. The average molecular weight is 288 g/mol. The number of aromatic nitrogens is 3. The lowest BCUT2D eigenvalue weighted by atomic mass is 10.2. The summed E-state index contributed by atoms with van der Waals surface area (Å²) in [5.41, 5.74) is 6.28. The summed E-state index contributed by atoms with van der Waals surface area (Å²) < 4.78 is 13.6. The second kappa shape index (κ2) is 5.90. The van der Waals surface area contributed by atoms with E-state index in [1.165, 1.54) is 6.07 Å². The zero-order valence-corrected chi connectivity index (χ0v) is 11.6. The van der Waals surface area contributed by atoms with Gasteiger partial charge in [-0.25, -0.2) is 4.39 Å². The third-order valence-electron chi connectivity index (χ3n) is 3.42. The third-order valence-corrected chi connectivity index (χ3v) is 3.42. The largest absolute Gasteiger partial charge is 0.368 e. The fourth-order valence-electron chi connectivity index (χ4n) is 2.33. The van der Waals surface area contributed by atoms with Crippen LogP contribution in [0.3, 0.4) is 0 Å². The molecule has 3 rings (SSSR count). The first-order valence-electron chi connectivity index (χ1n) is 6.96. The number of nitrogens with one attached hydrogen (secondary N) is 1. The van der Waals surface area contributed by atoms with Crippen molar-refractivity contribution in [3.63, 3.8) is 0 Å². The minimum absolute atomic E-state index is 0.169. The molecule has 0 aliphatic carbocycles. The molecule has 2 heterocycles. The molecule has 0 bridgehead atoms. The molecule has 21 heavy (non-hydrogen) atoms. The molecular weight excluding hydrogens is 271 g/mol. The highest BCUT2D eigenvalue weighted by atomic mass is 19.1. The quantitative estimate of drug-likeness (QED) is 0.893. The van der Waals surface area contributed by atoms with Crippen LogP contribution in [-0.2, 0) is 6.54 Å². The molecule has 0 amide bonds. The topological polar surface area (TPSA) is 80.0 Å². The number of nitrogens with zero attached hydrogens (tertiary/aromatic N) is 4. The van der Waals surface area contributed by atoms with Gasteiger partial charge in [-0.3, -0.25) is 0 Å². The predicted molar refractivity (Wildman–Crippen MR) is 79.4 cm³/mol. The van der Waals surface area contributed by atoms with Crippen molar-refractivity contribution in [2.75, 3.05) is 29.0 Å². The first-order chi connectivity index (χ1) is 10.2. The summed E-state index contributed by atoms with van der Waals surface area (Å²) in [6.07, 6.45) is 2.26. The van der Waals surface area contributed by atoms with Crippen LogP contribution in [0.25, 0.3) is 0 Å². The monoisotopic (exact) mass is 288 g/mol. The maximum absolute atomic E-state index is 13.6. The SMILES string of the molecule is Nc1nc(NCc2ccccc2F)nc(N2CCCC2)n1. The van der Waals surface area contributed by atoms with E-state index in [2.05, 4.69) is 25.2 Å². The van der Waals surface area contributed by atoms with Gasteiger partial charge in [-0.05, 0) is 18.9 Å². The number of nitrogen functional groups attached to an aromatic ring is 1. The number of hydrogen-bond acceptors (Lipinski definition) is 6. The van der Waals surface area contributed by atoms with E-state index in [1.54, 1.807) is 18.2 Å². The van der Waals surface area contributed by atoms with Gasteiger partial charge in [0, 0.05) is 25.2 Å². The fraction of sp³-hybridized carbons (Fsp3) is 0.357. The van der Waals surface area contributed by atoms with Crippen LogP contribution in [0.2, 0.25) is 0 Å². The molecule has 0 unspecified atom stereocenters. The van der Waals surface area contributed by atoms with Crippen molar-refractivity contribution >= 4 is 17.8 Å². The Morgan fingerprint density at radius 3 is 2.67 bits per heavy atom. The van der Waals surface area contributed by atoms with Gasteiger partial charge in [-0.1, -0.05) is 18.2 Å². The van der Waals surface area contributed by atoms with Gasteiger partial charge >= 0.3 is 0 Å². The summed E-state index contributed by atoms with van der Waals surface area (Å²) in [7, 11) is 0. The zero-order valence-electron chi connectivity index (χ0n) is 11.6. The van der Waals surface area contributed by atoms with Gasteiger partial charge in [0.2, 0.25) is 17.8 Å².